The van der Waals surface area contributed by atoms with E-state index in [0.29, 0.717) is 24.9 Å². The van der Waals surface area contributed by atoms with E-state index in [1.807, 2.05) is 18.2 Å². The highest BCUT2D eigenvalue weighted by Crippen LogP contribution is 2.44. The monoisotopic (exact) mass is 427 g/mol. The summed E-state index contributed by atoms with van der Waals surface area (Å²) < 4.78 is 23.4. The standard InChI is InChI=1S/C18H21N3O3S2.ClH/c1-20-9-13-10-21(11-14(13)16(20)12-5-3-2-4-6-12)18(22)17-15(7-8-25-17)26(19,23)24;/h2-8,13-14,16H,9-11H2,1H3,(H2,19,23,24);1H/t13-,14+,16-;/m0./s1. The fraction of sp³-hybridized carbons (Fsp3) is 0.389. The largest absolute Gasteiger partial charge is 0.337 e. The molecule has 1 amide bonds. The lowest BCUT2D eigenvalue weighted by Gasteiger charge is -2.26. The van der Waals surface area contributed by atoms with E-state index in [-0.39, 0.29) is 34.1 Å². The summed E-state index contributed by atoms with van der Waals surface area (Å²) in [6.45, 7) is 2.22. The number of amides is 1. The first-order valence-corrected chi connectivity index (χ1v) is 10.9. The van der Waals surface area contributed by atoms with Crippen LogP contribution in [-0.2, 0) is 10.0 Å². The normalized spacial score (nSPS) is 25.3. The van der Waals surface area contributed by atoms with Crippen LogP contribution in [0.5, 0.6) is 0 Å². The van der Waals surface area contributed by atoms with Crippen LogP contribution in [0.3, 0.4) is 0 Å². The quantitative estimate of drug-likeness (QED) is 0.813. The predicted molar refractivity (Wildman–Crippen MR) is 108 cm³/mol. The van der Waals surface area contributed by atoms with Crippen LogP contribution in [0, 0.1) is 11.8 Å². The van der Waals surface area contributed by atoms with Gasteiger partial charge >= 0.3 is 0 Å². The number of benzene rings is 1. The van der Waals surface area contributed by atoms with E-state index in [2.05, 4.69) is 24.1 Å². The predicted octanol–water partition coefficient (Wildman–Crippen LogP) is 2.19. The number of primary sulfonamides is 1. The molecule has 3 atom stereocenters. The number of fused-ring (bicyclic) bond motifs is 1. The minimum atomic E-state index is -3.89. The maximum Gasteiger partial charge on any atom is 0.265 e. The number of likely N-dealkylation sites (tertiary alicyclic amines) is 2. The maximum absolute atomic E-state index is 12.9. The van der Waals surface area contributed by atoms with Gasteiger partial charge in [-0.1, -0.05) is 30.3 Å². The molecule has 6 nitrogen and oxygen atoms in total. The smallest absolute Gasteiger partial charge is 0.265 e. The Hall–Kier alpha value is -1.45. The second-order valence-corrected chi connectivity index (χ2v) is 9.53. The zero-order valence-corrected chi connectivity index (χ0v) is 17.3. The number of thiophene rings is 1. The van der Waals surface area contributed by atoms with Crippen molar-refractivity contribution in [2.45, 2.75) is 10.9 Å². The number of carbonyl (C=O) groups is 1. The summed E-state index contributed by atoms with van der Waals surface area (Å²) in [5.41, 5.74) is 1.26. The van der Waals surface area contributed by atoms with Crippen LogP contribution in [0.1, 0.15) is 21.3 Å². The molecule has 0 saturated carbocycles. The van der Waals surface area contributed by atoms with Crippen molar-refractivity contribution in [2.24, 2.45) is 17.0 Å². The third kappa shape index (κ3) is 3.64. The third-order valence-electron chi connectivity index (χ3n) is 5.45. The van der Waals surface area contributed by atoms with Gasteiger partial charge in [0, 0.05) is 31.6 Å². The molecule has 146 valence electrons. The molecule has 9 heteroatoms. The highest BCUT2D eigenvalue weighted by molar-refractivity contribution is 7.89. The molecule has 2 aliphatic rings. The van der Waals surface area contributed by atoms with Crippen molar-refractivity contribution in [1.29, 1.82) is 0 Å². The molecule has 0 radical (unpaired) electrons. The lowest BCUT2D eigenvalue weighted by molar-refractivity contribution is 0.0769. The first-order chi connectivity index (χ1) is 12.4. The Kier molecular flexibility index (Phi) is 5.65. The van der Waals surface area contributed by atoms with Gasteiger partial charge in [0.05, 0.1) is 0 Å². The summed E-state index contributed by atoms with van der Waals surface area (Å²) in [7, 11) is -1.77. The molecule has 3 heterocycles. The van der Waals surface area contributed by atoms with Crippen molar-refractivity contribution in [3.8, 4) is 0 Å². The summed E-state index contributed by atoms with van der Waals surface area (Å²) in [6.07, 6.45) is 0. The van der Waals surface area contributed by atoms with Gasteiger partial charge in [0.2, 0.25) is 10.0 Å². The topological polar surface area (TPSA) is 83.7 Å². The van der Waals surface area contributed by atoms with Gasteiger partial charge in [0.1, 0.15) is 9.77 Å². The van der Waals surface area contributed by atoms with E-state index in [1.54, 1.807) is 10.3 Å². The van der Waals surface area contributed by atoms with Gasteiger partial charge in [-0.2, -0.15) is 0 Å². The lowest BCUT2D eigenvalue weighted by atomic mass is 9.90. The molecule has 0 spiro atoms. The van der Waals surface area contributed by atoms with Crippen molar-refractivity contribution >= 4 is 39.7 Å². The van der Waals surface area contributed by atoms with Crippen LogP contribution in [0.15, 0.2) is 46.7 Å². The average Bonchev–Trinajstić information content (AvgIpc) is 3.28. The van der Waals surface area contributed by atoms with Gasteiger partial charge in [-0.05, 0) is 30.0 Å². The summed E-state index contributed by atoms with van der Waals surface area (Å²) in [5, 5.41) is 6.85. The lowest BCUT2D eigenvalue weighted by Crippen LogP contribution is -2.33. The Balaban J connectivity index is 0.00000210. The minimum absolute atomic E-state index is 0. The highest BCUT2D eigenvalue weighted by atomic mass is 35.5. The van der Waals surface area contributed by atoms with Crippen molar-refractivity contribution < 1.29 is 13.2 Å². The molecule has 4 rings (SSSR count). The van der Waals surface area contributed by atoms with Crippen LogP contribution < -0.4 is 5.14 Å². The summed E-state index contributed by atoms with van der Waals surface area (Å²) in [6, 6.07) is 12.0. The van der Waals surface area contributed by atoms with Crippen LogP contribution in [-0.4, -0.2) is 50.8 Å². The molecular weight excluding hydrogens is 406 g/mol. The number of nitrogens with two attached hydrogens (primary N) is 1. The number of sulfonamides is 1. The van der Waals surface area contributed by atoms with Crippen LogP contribution in [0.25, 0.3) is 0 Å². The van der Waals surface area contributed by atoms with Crippen LogP contribution in [0.2, 0.25) is 0 Å². The van der Waals surface area contributed by atoms with E-state index in [1.165, 1.54) is 11.6 Å². The van der Waals surface area contributed by atoms with E-state index < -0.39 is 10.0 Å². The van der Waals surface area contributed by atoms with E-state index >= 15 is 0 Å². The van der Waals surface area contributed by atoms with Crippen molar-refractivity contribution in [3.05, 3.63) is 52.2 Å². The number of carbonyl (C=O) groups excluding carboxylic acids is 1. The SMILES string of the molecule is CN1C[C@H]2CN(C(=O)c3sccc3S(N)(=O)=O)C[C@H]2[C@@H]1c1ccccc1.Cl. The fourth-order valence-electron chi connectivity index (χ4n) is 4.40. The van der Waals surface area contributed by atoms with Gasteiger partial charge in [-0.15, -0.1) is 23.7 Å². The molecule has 27 heavy (non-hydrogen) atoms. The third-order valence-corrected chi connectivity index (χ3v) is 7.44. The molecule has 0 aliphatic carbocycles. The molecule has 0 unspecified atom stereocenters. The average molecular weight is 428 g/mol. The van der Waals surface area contributed by atoms with E-state index in [9.17, 15) is 13.2 Å². The number of hydrogen-bond donors (Lipinski definition) is 1. The summed E-state index contributed by atoms with van der Waals surface area (Å²) in [5.74, 6) is 0.518. The first-order valence-electron chi connectivity index (χ1n) is 8.51. The minimum Gasteiger partial charge on any atom is -0.337 e. The Bertz CT molecular complexity index is 932. The zero-order valence-electron chi connectivity index (χ0n) is 14.8. The molecule has 1 aromatic carbocycles. The number of rotatable bonds is 3. The van der Waals surface area contributed by atoms with Gasteiger partial charge in [-0.25, -0.2) is 13.6 Å². The van der Waals surface area contributed by atoms with E-state index in [0.717, 1.165) is 17.9 Å². The van der Waals surface area contributed by atoms with Gasteiger partial charge in [0.25, 0.3) is 5.91 Å². The molecule has 2 aliphatic heterocycles. The first kappa shape index (κ1) is 20.3. The second kappa shape index (κ2) is 7.52. The fourth-order valence-corrected chi connectivity index (χ4v) is 6.33. The van der Waals surface area contributed by atoms with Crippen molar-refractivity contribution in [2.75, 3.05) is 26.7 Å². The highest BCUT2D eigenvalue weighted by Gasteiger charge is 2.47. The maximum atomic E-state index is 12.9. The second-order valence-electron chi connectivity index (χ2n) is 7.09. The van der Waals surface area contributed by atoms with Gasteiger partial charge < -0.3 is 4.90 Å². The summed E-state index contributed by atoms with van der Waals surface area (Å²) >= 11 is 1.14. The summed E-state index contributed by atoms with van der Waals surface area (Å²) in [4.78, 5) is 17.2. The Morgan fingerprint density at radius 2 is 1.85 bits per heavy atom. The van der Waals surface area contributed by atoms with Crippen LogP contribution >= 0.6 is 23.7 Å². The Morgan fingerprint density at radius 3 is 2.52 bits per heavy atom. The van der Waals surface area contributed by atoms with Gasteiger partial charge in [-0.3, -0.25) is 9.69 Å². The van der Waals surface area contributed by atoms with Crippen molar-refractivity contribution in [3.63, 3.8) is 0 Å². The number of halogens is 1. The molecule has 0 bridgehead atoms. The Morgan fingerprint density at radius 1 is 1.15 bits per heavy atom. The molecule has 1 aromatic heterocycles. The molecule has 2 N–H and O–H groups in total. The number of hydrogen-bond acceptors (Lipinski definition) is 5. The molecule has 2 fully saturated rings. The number of nitrogens with zero attached hydrogens (tertiary/aromatic N) is 2. The van der Waals surface area contributed by atoms with Crippen LogP contribution in [0.4, 0.5) is 0 Å². The van der Waals surface area contributed by atoms with E-state index in [4.69, 9.17) is 5.14 Å². The molecule has 2 aromatic rings. The Labute approximate surface area is 169 Å². The zero-order chi connectivity index (χ0) is 18.5. The molecular formula is C18H22ClN3O3S2. The van der Waals surface area contributed by atoms with Gasteiger partial charge in [0.15, 0.2) is 0 Å². The van der Waals surface area contributed by atoms with Crippen molar-refractivity contribution in [1.82, 2.24) is 9.80 Å². The molecule has 2 saturated heterocycles.